The van der Waals surface area contributed by atoms with E-state index in [1.165, 1.54) is 7.11 Å². The lowest BCUT2D eigenvalue weighted by Gasteiger charge is -2.31. The summed E-state index contributed by atoms with van der Waals surface area (Å²) in [6.45, 7) is 21.6. The van der Waals surface area contributed by atoms with Gasteiger partial charge in [-0.15, -0.1) is 0 Å². The molecule has 2 aliphatic rings. The first-order valence-electron chi connectivity index (χ1n) is 22.7. The lowest BCUT2D eigenvalue weighted by atomic mass is 9.97. The number of pyridine rings is 2. The number of carbonyl (C=O) groups excluding carboxylic acids is 3. The number of nitrogens with one attached hydrogen (secondary N) is 1. The fourth-order valence-electron chi connectivity index (χ4n) is 7.19. The van der Waals surface area contributed by atoms with Crippen molar-refractivity contribution in [2.45, 2.75) is 152 Å². The van der Waals surface area contributed by atoms with Crippen molar-refractivity contribution in [3.63, 3.8) is 0 Å². The Hall–Kier alpha value is -5.68. The maximum atomic E-state index is 13.7. The van der Waals surface area contributed by atoms with Crippen molar-refractivity contribution >= 4 is 40.8 Å². The predicted molar refractivity (Wildman–Crippen MR) is 251 cm³/mol. The molecule has 16 heteroatoms. The van der Waals surface area contributed by atoms with Gasteiger partial charge >= 0.3 is 12.1 Å². The van der Waals surface area contributed by atoms with Crippen LogP contribution in [0.4, 0.5) is 10.5 Å². The zero-order chi connectivity index (χ0) is 49.0. The molecule has 4 unspecified atom stereocenters. The average molecular weight is 907 g/mol. The molecule has 2 aromatic heterocycles. The normalized spacial score (nSPS) is 16.0. The molecule has 6 rings (SSSR count). The Labute approximate surface area is 382 Å². The molecular formula is C49H70N4O12. The van der Waals surface area contributed by atoms with Crippen LogP contribution in [0.15, 0.2) is 53.3 Å². The highest BCUT2D eigenvalue weighted by atomic mass is 16.7. The largest absolute Gasteiger partial charge is 0.479 e. The molecule has 4 heterocycles. The number of carboxylic acids is 1. The molecule has 0 bridgehead atoms. The van der Waals surface area contributed by atoms with E-state index in [2.05, 4.69) is 5.32 Å². The van der Waals surface area contributed by atoms with E-state index in [1.807, 2.05) is 93.5 Å². The second-order valence-electron chi connectivity index (χ2n) is 14.3. The van der Waals surface area contributed by atoms with Crippen molar-refractivity contribution in [3.8, 4) is 17.1 Å². The summed E-state index contributed by atoms with van der Waals surface area (Å²) in [7, 11) is 1.43. The van der Waals surface area contributed by atoms with Crippen LogP contribution in [-0.2, 0) is 54.8 Å². The number of fused-ring (bicyclic) bond motifs is 4. The van der Waals surface area contributed by atoms with Crippen LogP contribution in [0, 0.1) is 0 Å². The number of ether oxygens (including phenoxy) is 4. The van der Waals surface area contributed by atoms with Crippen LogP contribution in [0.3, 0.4) is 0 Å². The molecular weight excluding hydrogens is 837 g/mol. The van der Waals surface area contributed by atoms with E-state index in [0.717, 1.165) is 16.5 Å². The highest BCUT2D eigenvalue weighted by molar-refractivity contribution is 5.92. The summed E-state index contributed by atoms with van der Waals surface area (Å²) in [4.78, 5) is 69.4. The molecule has 0 saturated carbocycles. The van der Waals surface area contributed by atoms with Gasteiger partial charge in [-0.05, 0) is 55.7 Å². The van der Waals surface area contributed by atoms with Crippen LogP contribution in [0.2, 0.25) is 0 Å². The first-order valence-corrected chi connectivity index (χ1v) is 22.7. The topological polar surface area (TPSA) is 216 Å². The summed E-state index contributed by atoms with van der Waals surface area (Å²) in [5.74, 6) is -1.38. The summed E-state index contributed by atoms with van der Waals surface area (Å²) >= 11 is 0. The standard InChI is InChI=1S/C41H46N4O12.4C2H6/c1-5-36(49)42-31-11-10-23(14-34(31)56-37-16-24(47)15-35(57-37)40(51)52)20-55-41(53)44(22(2)3)13-12-25-26-8-6-7-9-30(26)43-38-28(25)18-45-32(38)17-27(33(48)19-46)29(21-54-4)39(45)50;4*1-2/h6-11,14,17,19,22,24,33,35,37,47-48H,5,12-13,15-16,18,20-21H2,1-4H3,(H,42,49)(H,51,52);4*1-2H3. The van der Waals surface area contributed by atoms with Crippen LogP contribution < -0.4 is 15.6 Å². The van der Waals surface area contributed by atoms with Crippen molar-refractivity contribution in [2.24, 2.45) is 0 Å². The number of aliphatic hydroxyl groups is 2. The van der Waals surface area contributed by atoms with Crippen molar-refractivity contribution < 1.29 is 53.4 Å². The highest BCUT2D eigenvalue weighted by Gasteiger charge is 2.35. The average Bonchev–Trinajstić information content (AvgIpc) is 3.69. The van der Waals surface area contributed by atoms with Crippen molar-refractivity contribution in [1.29, 1.82) is 0 Å². The van der Waals surface area contributed by atoms with E-state index >= 15 is 0 Å². The SMILES string of the molecule is CC.CC.CC.CC.CCC(=O)Nc1ccc(COC(=O)N(CCc2c3c(nc4ccccc24)-c2cc(C(O)C=O)c(COC)c(=O)n2C3)C(C)C)cc1OC1CC(O)CC(C(=O)O)O1. The Morgan fingerprint density at radius 3 is 2.28 bits per heavy atom. The number of amides is 2. The van der Waals surface area contributed by atoms with Gasteiger partial charge in [0.15, 0.2) is 12.4 Å². The van der Waals surface area contributed by atoms with Crippen molar-refractivity contribution in [2.75, 3.05) is 19.0 Å². The Kier molecular flexibility index (Phi) is 23.5. The third-order valence-electron chi connectivity index (χ3n) is 10.1. The van der Waals surface area contributed by atoms with E-state index in [0.29, 0.717) is 40.9 Å². The number of nitrogens with zero attached hydrogens (tertiary/aromatic N) is 3. The molecule has 0 radical (unpaired) electrons. The van der Waals surface area contributed by atoms with E-state index in [4.69, 9.17) is 23.9 Å². The summed E-state index contributed by atoms with van der Waals surface area (Å²) in [6.07, 6.45) is -4.62. The summed E-state index contributed by atoms with van der Waals surface area (Å²) in [6, 6.07) is 13.7. The van der Waals surface area contributed by atoms with Crippen molar-refractivity contribution in [1.82, 2.24) is 14.5 Å². The van der Waals surface area contributed by atoms with E-state index in [-0.39, 0.29) is 74.4 Å². The Bertz CT molecular complexity index is 2240. The number of aromatic nitrogens is 2. The number of aliphatic hydroxyl groups excluding tert-OH is 2. The predicted octanol–water partition coefficient (Wildman–Crippen LogP) is 8.18. The molecule has 1 saturated heterocycles. The summed E-state index contributed by atoms with van der Waals surface area (Å²) < 4.78 is 24.1. The smallest absolute Gasteiger partial charge is 0.410 e. The minimum atomic E-state index is -1.52. The minimum absolute atomic E-state index is 0.00545. The maximum absolute atomic E-state index is 13.7. The Morgan fingerprint density at radius 2 is 1.66 bits per heavy atom. The third kappa shape index (κ3) is 13.9. The van der Waals surface area contributed by atoms with E-state index in [9.17, 15) is 39.3 Å². The number of benzene rings is 2. The monoisotopic (exact) mass is 906 g/mol. The number of aldehydes is 1. The van der Waals surface area contributed by atoms with Gasteiger partial charge in [-0.25, -0.2) is 14.6 Å². The fraction of sp³-hybridized carbons (Fsp3) is 0.510. The van der Waals surface area contributed by atoms with Gasteiger partial charge in [-0.1, -0.05) is 86.6 Å². The molecule has 0 aliphatic carbocycles. The molecule has 0 spiro atoms. The number of para-hydroxylation sites is 1. The van der Waals surface area contributed by atoms with Gasteiger partial charge in [0.25, 0.3) is 5.56 Å². The lowest BCUT2D eigenvalue weighted by molar-refractivity contribution is -0.195. The second kappa shape index (κ2) is 27.6. The molecule has 4 aromatic rings. The van der Waals surface area contributed by atoms with Crippen LogP contribution in [0.25, 0.3) is 22.3 Å². The maximum Gasteiger partial charge on any atom is 0.410 e. The Balaban J connectivity index is 0.00000172. The third-order valence-corrected chi connectivity index (χ3v) is 10.1. The van der Waals surface area contributed by atoms with E-state index < -0.39 is 42.2 Å². The van der Waals surface area contributed by atoms with Crippen LogP contribution in [-0.4, -0.2) is 92.2 Å². The van der Waals surface area contributed by atoms with Gasteiger partial charge in [0, 0.05) is 61.0 Å². The van der Waals surface area contributed by atoms with Gasteiger partial charge in [-0.3, -0.25) is 9.59 Å². The van der Waals surface area contributed by atoms with Gasteiger partial charge in [0.1, 0.15) is 18.5 Å². The molecule has 358 valence electrons. The van der Waals surface area contributed by atoms with Crippen LogP contribution in [0.1, 0.15) is 129 Å². The molecule has 2 aliphatic heterocycles. The molecule has 2 amide bonds. The molecule has 4 atom stereocenters. The first-order chi connectivity index (χ1) is 31.3. The number of hydrogen-bond acceptors (Lipinski definition) is 12. The van der Waals surface area contributed by atoms with E-state index in [1.54, 1.807) is 40.7 Å². The van der Waals surface area contributed by atoms with Crippen LogP contribution in [0.5, 0.6) is 5.75 Å². The zero-order valence-corrected chi connectivity index (χ0v) is 40.1. The number of rotatable bonds is 15. The van der Waals surface area contributed by atoms with Gasteiger partial charge in [0.2, 0.25) is 12.2 Å². The van der Waals surface area contributed by atoms with Crippen LogP contribution >= 0.6 is 0 Å². The molecule has 2 aromatic carbocycles. The molecule has 16 nitrogen and oxygen atoms in total. The number of carboxylic acid groups (broad SMARTS) is 1. The Morgan fingerprint density at radius 1 is 0.985 bits per heavy atom. The zero-order valence-electron chi connectivity index (χ0n) is 40.1. The number of carbonyl (C=O) groups is 4. The fourth-order valence-corrected chi connectivity index (χ4v) is 7.19. The first kappa shape index (κ1) is 55.5. The van der Waals surface area contributed by atoms with Gasteiger partial charge in [-0.2, -0.15) is 0 Å². The number of aliphatic carboxylic acids is 1. The number of anilines is 1. The highest BCUT2D eigenvalue weighted by Crippen LogP contribution is 2.37. The minimum Gasteiger partial charge on any atom is -0.479 e. The molecule has 4 N–H and O–H groups in total. The quantitative estimate of drug-likeness (QED) is 0.0730. The molecule has 65 heavy (non-hydrogen) atoms. The number of methoxy groups -OCH3 is 1. The number of hydrogen-bond donors (Lipinski definition) is 4. The molecule has 1 fully saturated rings. The van der Waals surface area contributed by atoms with Crippen molar-refractivity contribution in [3.05, 3.63) is 86.7 Å². The second-order valence-corrected chi connectivity index (χ2v) is 14.3. The summed E-state index contributed by atoms with van der Waals surface area (Å²) in [5, 5.41) is 33.8. The lowest BCUT2D eigenvalue weighted by Crippen LogP contribution is -2.42. The summed E-state index contributed by atoms with van der Waals surface area (Å²) in [5.41, 5.74) is 4.11. The van der Waals surface area contributed by atoms with Gasteiger partial charge < -0.3 is 53.8 Å². The van der Waals surface area contributed by atoms with Gasteiger partial charge in [0.05, 0.1) is 41.8 Å².